The number of aliphatic imine (C=N–C) groups is 1. The van der Waals surface area contributed by atoms with Crippen molar-refractivity contribution < 1.29 is 13.9 Å². The Morgan fingerprint density at radius 1 is 1.25 bits per heavy atom. The molecule has 0 saturated heterocycles. The summed E-state index contributed by atoms with van der Waals surface area (Å²) < 4.78 is 24.7. The quantitative estimate of drug-likeness (QED) is 0.389. The minimum atomic E-state index is -0.368. The summed E-state index contributed by atoms with van der Waals surface area (Å²) in [7, 11) is 1.91. The van der Waals surface area contributed by atoms with Crippen molar-refractivity contribution in [2.24, 2.45) is 4.99 Å². The first-order chi connectivity index (χ1) is 13.1. The second-order valence-electron chi connectivity index (χ2n) is 6.13. The fourth-order valence-corrected chi connectivity index (χ4v) is 2.78. The number of hydrogen-bond donors (Lipinski definition) is 1. The third-order valence-electron chi connectivity index (χ3n) is 4.13. The number of hydrogen-bond acceptors (Lipinski definition) is 4. The molecule has 28 heavy (non-hydrogen) atoms. The van der Waals surface area contributed by atoms with Gasteiger partial charge in [-0.1, -0.05) is 6.07 Å². The van der Waals surface area contributed by atoms with Crippen molar-refractivity contribution >= 4 is 29.9 Å². The van der Waals surface area contributed by atoms with Crippen molar-refractivity contribution in [3.05, 3.63) is 58.9 Å². The fraction of sp³-hybridized carbons (Fsp3) is 0.300. The molecule has 148 valence electrons. The summed E-state index contributed by atoms with van der Waals surface area (Å²) in [5.41, 5.74) is 1.85. The molecule has 0 aliphatic carbocycles. The van der Waals surface area contributed by atoms with E-state index in [1.807, 2.05) is 43.1 Å². The Hall–Kier alpha value is -2.54. The minimum Gasteiger partial charge on any atom is -0.454 e. The third-order valence-corrected chi connectivity index (χ3v) is 4.13. The summed E-state index contributed by atoms with van der Waals surface area (Å²) >= 11 is 0. The van der Waals surface area contributed by atoms with Crippen molar-refractivity contribution in [3.8, 4) is 17.6 Å². The van der Waals surface area contributed by atoms with Crippen LogP contribution in [-0.4, -0.2) is 31.2 Å². The van der Waals surface area contributed by atoms with Crippen LogP contribution >= 0.6 is 24.0 Å². The van der Waals surface area contributed by atoms with Crippen molar-refractivity contribution in [2.75, 3.05) is 20.4 Å². The van der Waals surface area contributed by atoms with Gasteiger partial charge in [0.1, 0.15) is 5.82 Å². The number of halogens is 2. The molecule has 2 aromatic rings. The molecule has 0 saturated carbocycles. The Kier molecular flexibility index (Phi) is 7.87. The smallest absolute Gasteiger partial charge is 0.231 e. The van der Waals surface area contributed by atoms with Gasteiger partial charge >= 0.3 is 0 Å². The monoisotopic (exact) mass is 496 g/mol. The summed E-state index contributed by atoms with van der Waals surface area (Å²) in [4.78, 5) is 6.47. The van der Waals surface area contributed by atoms with Gasteiger partial charge in [-0.05, 0) is 42.8 Å². The van der Waals surface area contributed by atoms with E-state index in [4.69, 9.17) is 14.7 Å². The Morgan fingerprint density at radius 3 is 2.79 bits per heavy atom. The number of nitriles is 1. The lowest BCUT2D eigenvalue weighted by molar-refractivity contribution is 0.174. The first kappa shape index (κ1) is 21.8. The number of ether oxygens (including phenoxy) is 2. The molecule has 0 unspecified atom stereocenters. The van der Waals surface area contributed by atoms with Crippen molar-refractivity contribution in [3.63, 3.8) is 0 Å². The van der Waals surface area contributed by atoms with Crippen LogP contribution in [0, 0.1) is 17.1 Å². The van der Waals surface area contributed by atoms with Crippen LogP contribution in [0.1, 0.15) is 23.6 Å². The fourth-order valence-electron chi connectivity index (χ4n) is 2.78. The number of nitrogens with zero attached hydrogens (tertiary/aromatic N) is 3. The molecule has 0 radical (unpaired) electrons. The van der Waals surface area contributed by atoms with E-state index in [0.717, 1.165) is 17.1 Å². The lowest BCUT2D eigenvalue weighted by Crippen LogP contribution is -2.38. The average molecular weight is 496 g/mol. The SMILES string of the molecule is CCNC(=NCc1cc(C#N)ccc1F)N(C)Cc1ccc2c(c1)OCO2.I. The molecule has 1 N–H and O–H groups in total. The van der Waals surface area contributed by atoms with Gasteiger partial charge in [-0.3, -0.25) is 0 Å². The number of guanidine groups is 1. The van der Waals surface area contributed by atoms with Gasteiger partial charge < -0.3 is 19.7 Å². The third kappa shape index (κ3) is 5.25. The average Bonchev–Trinajstić information content (AvgIpc) is 3.14. The van der Waals surface area contributed by atoms with Crippen LogP contribution in [0.15, 0.2) is 41.4 Å². The van der Waals surface area contributed by atoms with Crippen molar-refractivity contribution in [1.82, 2.24) is 10.2 Å². The van der Waals surface area contributed by atoms with E-state index >= 15 is 0 Å². The molecule has 1 heterocycles. The maximum Gasteiger partial charge on any atom is 0.231 e. The zero-order valence-corrected chi connectivity index (χ0v) is 18.1. The lowest BCUT2D eigenvalue weighted by atomic mass is 10.1. The van der Waals surface area contributed by atoms with Gasteiger partial charge in [0.05, 0.1) is 18.2 Å². The Labute approximate surface area is 181 Å². The first-order valence-corrected chi connectivity index (χ1v) is 8.67. The molecule has 8 heteroatoms. The standard InChI is InChI=1S/C20H21FN4O2.HI/c1-3-23-20(24-11-16-8-14(10-22)4-6-17(16)21)25(2)12-15-5-7-18-19(9-15)27-13-26-18;/h4-9H,3,11-13H2,1-2H3,(H,23,24);1H. The molecule has 0 amide bonds. The molecule has 0 atom stereocenters. The maximum absolute atomic E-state index is 14.0. The Morgan fingerprint density at radius 2 is 2.04 bits per heavy atom. The van der Waals surface area contributed by atoms with Crippen LogP contribution < -0.4 is 14.8 Å². The van der Waals surface area contributed by atoms with E-state index < -0.39 is 0 Å². The van der Waals surface area contributed by atoms with Crippen molar-refractivity contribution in [2.45, 2.75) is 20.0 Å². The van der Waals surface area contributed by atoms with Crippen LogP contribution in [0.3, 0.4) is 0 Å². The van der Waals surface area contributed by atoms with E-state index in [2.05, 4.69) is 10.3 Å². The highest BCUT2D eigenvalue weighted by Crippen LogP contribution is 2.32. The maximum atomic E-state index is 14.0. The molecule has 2 aromatic carbocycles. The molecule has 0 bridgehead atoms. The summed E-state index contributed by atoms with van der Waals surface area (Å²) in [6.07, 6.45) is 0. The topological polar surface area (TPSA) is 69.9 Å². The van der Waals surface area contributed by atoms with E-state index in [1.165, 1.54) is 18.2 Å². The Bertz CT molecular complexity index is 898. The van der Waals surface area contributed by atoms with Crippen molar-refractivity contribution in [1.29, 1.82) is 5.26 Å². The van der Waals surface area contributed by atoms with Crippen LogP contribution in [0.4, 0.5) is 4.39 Å². The normalized spacial score (nSPS) is 12.1. The zero-order valence-electron chi connectivity index (χ0n) is 15.7. The first-order valence-electron chi connectivity index (χ1n) is 8.67. The van der Waals surface area contributed by atoms with Crippen LogP contribution in [0.25, 0.3) is 0 Å². The molecule has 0 aromatic heterocycles. The van der Waals surface area contributed by atoms with Gasteiger partial charge in [0.25, 0.3) is 0 Å². The number of fused-ring (bicyclic) bond motifs is 1. The predicted molar refractivity (Wildman–Crippen MR) is 115 cm³/mol. The second kappa shape index (κ2) is 10.1. The highest BCUT2D eigenvalue weighted by atomic mass is 127. The molecule has 1 aliphatic rings. The van der Waals surface area contributed by atoms with Gasteiger partial charge in [-0.2, -0.15) is 5.26 Å². The molecular weight excluding hydrogens is 474 g/mol. The van der Waals surface area contributed by atoms with E-state index in [0.29, 0.717) is 30.2 Å². The summed E-state index contributed by atoms with van der Waals surface area (Å²) in [6.45, 7) is 3.65. The molecule has 6 nitrogen and oxygen atoms in total. The highest BCUT2D eigenvalue weighted by molar-refractivity contribution is 14.0. The van der Waals surface area contributed by atoms with Gasteiger partial charge in [0, 0.05) is 25.7 Å². The van der Waals surface area contributed by atoms with Gasteiger partial charge in [0.15, 0.2) is 17.5 Å². The summed E-state index contributed by atoms with van der Waals surface area (Å²) in [6, 6.07) is 12.1. The van der Waals surface area contributed by atoms with Crippen LogP contribution in [0.2, 0.25) is 0 Å². The van der Waals surface area contributed by atoms with Crippen LogP contribution in [0.5, 0.6) is 11.5 Å². The number of benzene rings is 2. The molecule has 1 aliphatic heterocycles. The van der Waals surface area contributed by atoms with Crippen LogP contribution in [-0.2, 0) is 13.1 Å². The minimum absolute atomic E-state index is 0. The number of rotatable bonds is 5. The molecule has 0 spiro atoms. The molecule has 3 rings (SSSR count). The largest absolute Gasteiger partial charge is 0.454 e. The molecular formula is C20H22FIN4O2. The lowest BCUT2D eigenvalue weighted by Gasteiger charge is -2.22. The van der Waals surface area contributed by atoms with Gasteiger partial charge in [-0.15, -0.1) is 24.0 Å². The van der Waals surface area contributed by atoms with E-state index in [9.17, 15) is 4.39 Å². The van der Waals surface area contributed by atoms with Gasteiger partial charge in [0.2, 0.25) is 6.79 Å². The Balaban J connectivity index is 0.00000280. The second-order valence-corrected chi connectivity index (χ2v) is 6.13. The zero-order chi connectivity index (χ0) is 19.2. The predicted octanol–water partition coefficient (Wildman–Crippen LogP) is 3.64. The van der Waals surface area contributed by atoms with Gasteiger partial charge in [-0.25, -0.2) is 9.38 Å². The highest BCUT2D eigenvalue weighted by Gasteiger charge is 2.15. The van der Waals surface area contributed by atoms with E-state index in [-0.39, 0.29) is 43.1 Å². The molecule has 0 fully saturated rings. The van der Waals surface area contributed by atoms with E-state index in [1.54, 1.807) is 0 Å². The summed E-state index contributed by atoms with van der Waals surface area (Å²) in [5.74, 6) is 1.76. The number of nitrogens with one attached hydrogen (secondary N) is 1. The summed E-state index contributed by atoms with van der Waals surface area (Å²) in [5, 5.41) is 12.2.